The van der Waals surface area contributed by atoms with Gasteiger partial charge in [-0.15, -0.1) is 0 Å². The van der Waals surface area contributed by atoms with Gasteiger partial charge >= 0.3 is 0 Å². The number of fused-ring (bicyclic) bond motifs is 1. The lowest BCUT2D eigenvalue weighted by molar-refractivity contribution is -0.121. The van der Waals surface area contributed by atoms with E-state index in [-0.39, 0.29) is 36.8 Å². The van der Waals surface area contributed by atoms with E-state index in [0.717, 1.165) is 4.90 Å². The third-order valence-corrected chi connectivity index (χ3v) is 3.32. The Hall–Kier alpha value is -2.21. The third kappa shape index (κ3) is 3.71. The Morgan fingerprint density at radius 3 is 2.32 bits per heavy atom. The molecule has 118 valence electrons. The molecule has 6 nitrogen and oxygen atoms in total. The average molecular weight is 304 g/mol. The Morgan fingerprint density at radius 1 is 1.18 bits per heavy atom. The Morgan fingerprint density at radius 2 is 1.77 bits per heavy atom. The standard InChI is InChI=1S/C16H20N2O4/c1-11(2)22-10-8-17-14(19)7-9-18-15(20)12-5-3-4-6-13(12)16(18)21/h3-6,11H,7-10H2,1-2H3,(H,17,19). The highest BCUT2D eigenvalue weighted by molar-refractivity contribution is 6.21. The van der Waals surface area contributed by atoms with Crippen LogP contribution in [0.3, 0.4) is 0 Å². The molecule has 0 unspecified atom stereocenters. The molecule has 3 amide bonds. The highest BCUT2D eigenvalue weighted by atomic mass is 16.5. The minimum absolute atomic E-state index is 0.0865. The van der Waals surface area contributed by atoms with Crippen molar-refractivity contribution in [3.05, 3.63) is 35.4 Å². The minimum Gasteiger partial charge on any atom is -0.377 e. The van der Waals surface area contributed by atoms with Gasteiger partial charge in [0.15, 0.2) is 0 Å². The van der Waals surface area contributed by atoms with Crippen molar-refractivity contribution in [2.24, 2.45) is 0 Å². The summed E-state index contributed by atoms with van der Waals surface area (Å²) in [6.07, 6.45) is 0.211. The van der Waals surface area contributed by atoms with E-state index in [9.17, 15) is 14.4 Å². The van der Waals surface area contributed by atoms with E-state index in [1.54, 1.807) is 24.3 Å². The minimum atomic E-state index is -0.337. The number of imide groups is 1. The zero-order chi connectivity index (χ0) is 16.1. The van der Waals surface area contributed by atoms with E-state index in [4.69, 9.17) is 4.74 Å². The first-order valence-corrected chi connectivity index (χ1v) is 7.34. The molecule has 0 aromatic heterocycles. The van der Waals surface area contributed by atoms with Crippen LogP contribution >= 0.6 is 0 Å². The van der Waals surface area contributed by atoms with Gasteiger partial charge in [-0.3, -0.25) is 19.3 Å². The molecule has 0 aliphatic carbocycles. The maximum Gasteiger partial charge on any atom is 0.261 e. The number of nitrogens with one attached hydrogen (secondary N) is 1. The van der Waals surface area contributed by atoms with Gasteiger partial charge in [-0.05, 0) is 26.0 Å². The average Bonchev–Trinajstić information content (AvgIpc) is 2.74. The van der Waals surface area contributed by atoms with Crippen molar-refractivity contribution in [2.45, 2.75) is 26.4 Å². The summed E-state index contributed by atoms with van der Waals surface area (Å²) in [6.45, 7) is 4.78. The second kappa shape index (κ2) is 7.17. The lowest BCUT2D eigenvalue weighted by Gasteiger charge is -2.13. The molecule has 1 heterocycles. The smallest absolute Gasteiger partial charge is 0.261 e. The van der Waals surface area contributed by atoms with Crippen LogP contribution in [-0.2, 0) is 9.53 Å². The predicted molar refractivity (Wildman–Crippen MR) is 80.5 cm³/mol. The van der Waals surface area contributed by atoms with Crippen LogP contribution in [0.5, 0.6) is 0 Å². The molecule has 1 aliphatic heterocycles. The number of hydrogen-bond donors (Lipinski definition) is 1. The summed E-state index contributed by atoms with van der Waals surface area (Å²) in [5.74, 6) is -0.878. The van der Waals surface area contributed by atoms with Crippen LogP contribution in [-0.4, -0.2) is 48.4 Å². The summed E-state index contributed by atoms with van der Waals surface area (Å²) in [6, 6.07) is 6.68. The van der Waals surface area contributed by atoms with Gasteiger partial charge in [0, 0.05) is 19.5 Å². The van der Waals surface area contributed by atoms with Gasteiger partial charge < -0.3 is 10.1 Å². The van der Waals surface area contributed by atoms with E-state index in [1.807, 2.05) is 13.8 Å². The number of amides is 3. The molecule has 0 radical (unpaired) electrons. The zero-order valence-electron chi connectivity index (χ0n) is 12.8. The lowest BCUT2D eigenvalue weighted by Crippen LogP contribution is -2.35. The van der Waals surface area contributed by atoms with Crippen LogP contribution in [0.1, 0.15) is 41.0 Å². The summed E-state index contributed by atoms with van der Waals surface area (Å²) < 4.78 is 5.31. The maximum absolute atomic E-state index is 12.1. The van der Waals surface area contributed by atoms with Gasteiger partial charge in [-0.1, -0.05) is 12.1 Å². The first-order chi connectivity index (χ1) is 10.5. The summed E-state index contributed by atoms with van der Waals surface area (Å²) in [5.41, 5.74) is 0.802. The van der Waals surface area contributed by atoms with Gasteiger partial charge in [0.1, 0.15) is 0 Å². The molecule has 0 bridgehead atoms. The fourth-order valence-electron chi connectivity index (χ4n) is 2.23. The summed E-state index contributed by atoms with van der Waals surface area (Å²) in [4.78, 5) is 37.1. The van der Waals surface area contributed by atoms with E-state index >= 15 is 0 Å². The molecule has 0 fully saturated rings. The van der Waals surface area contributed by atoms with Crippen LogP contribution < -0.4 is 5.32 Å². The lowest BCUT2D eigenvalue weighted by atomic mass is 10.1. The van der Waals surface area contributed by atoms with Crippen molar-refractivity contribution in [1.29, 1.82) is 0 Å². The first kappa shape index (κ1) is 16.2. The van der Waals surface area contributed by atoms with Crippen molar-refractivity contribution in [1.82, 2.24) is 10.2 Å². The predicted octanol–water partition coefficient (Wildman–Crippen LogP) is 1.21. The van der Waals surface area contributed by atoms with Gasteiger partial charge in [0.2, 0.25) is 5.91 Å². The van der Waals surface area contributed by atoms with Crippen LogP contribution in [0.15, 0.2) is 24.3 Å². The van der Waals surface area contributed by atoms with E-state index in [2.05, 4.69) is 5.32 Å². The number of rotatable bonds is 7. The van der Waals surface area contributed by atoms with Crippen LogP contribution in [0.25, 0.3) is 0 Å². The molecule has 1 aromatic carbocycles. The second-order valence-electron chi connectivity index (χ2n) is 5.33. The second-order valence-corrected chi connectivity index (χ2v) is 5.33. The Kier molecular flexibility index (Phi) is 5.27. The van der Waals surface area contributed by atoms with Crippen molar-refractivity contribution in [2.75, 3.05) is 19.7 Å². The molecule has 2 rings (SSSR count). The highest BCUT2D eigenvalue weighted by Gasteiger charge is 2.34. The molecule has 22 heavy (non-hydrogen) atoms. The molecule has 1 aliphatic rings. The van der Waals surface area contributed by atoms with E-state index in [1.165, 1.54) is 0 Å². The van der Waals surface area contributed by atoms with Crippen molar-refractivity contribution in [3.63, 3.8) is 0 Å². The molecule has 1 aromatic rings. The maximum atomic E-state index is 12.1. The SMILES string of the molecule is CC(C)OCCNC(=O)CCN1C(=O)c2ccccc2C1=O. The Bertz CT molecular complexity index is 548. The van der Waals surface area contributed by atoms with Gasteiger partial charge in [-0.2, -0.15) is 0 Å². The van der Waals surface area contributed by atoms with Gasteiger partial charge in [0.05, 0.1) is 23.8 Å². The third-order valence-electron chi connectivity index (χ3n) is 3.32. The molecule has 0 spiro atoms. The monoisotopic (exact) mass is 304 g/mol. The number of carbonyl (C=O) groups is 3. The Labute approximate surface area is 129 Å². The molecule has 6 heteroatoms. The molecule has 0 atom stereocenters. The summed E-state index contributed by atoms with van der Waals surface area (Å²) in [7, 11) is 0. The highest BCUT2D eigenvalue weighted by Crippen LogP contribution is 2.22. The van der Waals surface area contributed by atoms with Gasteiger partial charge in [0.25, 0.3) is 11.8 Å². The Balaban J connectivity index is 1.79. The van der Waals surface area contributed by atoms with E-state index < -0.39 is 0 Å². The molecule has 0 saturated carbocycles. The summed E-state index contributed by atoms with van der Waals surface area (Å²) in [5, 5.41) is 2.70. The number of carbonyl (C=O) groups excluding carboxylic acids is 3. The first-order valence-electron chi connectivity index (χ1n) is 7.34. The van der Waals surface area contributed by atoms with Crippen LogP contribution in [0.4, 0.5) is 0 Å². The van der Waals surface area contributed by atoms with Crippen molar-refractivity contribution >= 4 is 17.7 Å². The fraction of sp³-hybridized carbons (Fsp3) is 0.438. The number of hydrogen-bond acceptors (Lipinski definition) is 4. The topological polar surface area (TPSA) is 75.7 Å². The number of ether oxygens (including phenoxy) is 1. The normalized spacial score (nSPS) is 13.7. The molecular weight excluding hydrogens is 284 g/mol. The molecule has 1 N–H and O–H groups in total. The summed E-state index contributed by atoms with van der Waals surface area (Å²) >= 11 is 0. The quantitative estimate of drug-likeness (QED) is 0.607. The van der Waals surface area contributed by atoms with Crippen LogP contribution in [0.2, 0.25) is 0 Å². The fourth-order valence-corrected chi connectivity index (χ4v) is 2.23. The number of nitrogens with zero attached hydrogens (tertiary/aromatic N) is 1. The van der Waals surface area contributed by atoms with Crippen LogP contribution in [0, 0.1) is 0 Å². The molecule has 0 saturated heterocycles. The van der Waals surface area contributed by atoms with Crippen molar-refractivity contribution in [3.8, 4) is 0 Å². The largest absolute Gasteiger partial charge is 0.377 e. The van der Waals surface area contributed by atoms with Gasteiger partial charge in [-0.25, -0.2) is 0 Å². The molecular formula is C16H20N2O4. The van der Waals surface area contributed by atoms with E-state index in [0.29, 0.717) is 24.3 Å². The number of benzene rings is 1. The zero-order valence-corrected chi connectivity index (χ0v) is 12.8. The van der Waals surface area contributed by atoms with Crippen molar-refractivity contribution < 1.29 is 19.1 Å².